The van der Waals surface area contributed by atoms with Gasteiger partial charge in [0.05, 0.1) is 6.10 Å². The van der Waals surface area contributed by atoms with Crippen LogP contribution in [-0.2, 0) is 17.6 Å². The Bertz CT molecular complexity index is 336. The third-order valence-corrected chi connectivity index (χ3v) is 4.61. The second kappa shape index (κ2) is 3.54. The number of rotatable bonds is 1. The molecule has 0 aliphatic heterocycles. The largest absolute Gasteiger partial charge is 0.393 e. The Labute approximate surface area is 94.6 Å². The summed E-state index contributed by atoms with van der Waals surface area (Å²) in [6, 6.07) is 2.22. The standard InChI is InChI=1S/C11H16OS2/c1-11(2,13)10-6-7-5-8(12)3-4-9(7)14-10/h6,8,12-13H,3-5H2,1-2H3. The zero-order valence-electron chi connectivity index (χ0n) is 8.58. The summed E-state index contributed by atoms with van der Waals surface area (Å²) in [5.74, 6) is 0. The molecule has 2 rings (SSSR count). The third kappa shape index (κ3) is 2.00. The van der Waals surface area contributed by atoms with Crippen LogP contribution < -0.4 is 0 Å². The van der Waals surface area contributed by atoms with Gasteiger partial charge in [0, 0.05) is 14.5 Å². The molecule has 1 atom stereocenters. The minimum Gasteiger partial charge on any atom is -0.393 e. The summed E-state index contributed by atoms with van der Waals surface area (Å²) in [7, 11) is 0. The van der Waals surface area contributed by atoms with Gasteiger partial charge in [0.2, 0.25) is 0 Å². The van der Waals surface area contributed by atoms with Gasteiger partial charge in [-0.2, -0.15) is 12.6 Å². The van der Waals surface area contributed by atoms with Crippen LogP contribution in [-0.4, -0.2) is 11.2 Å². The van der Waals surface area contributed by atoms with Crippen LogP contribution in [0.4, 0.5) is 0 Å². The summed E-state index contributed by atoms with van der Waals surface area (Å²) in [5.41, 5.74) is 1.34. The van der Waals surface area contributed by atoms with Crippen molar-refractivity contribution in [3.8, 4) is 0 Å². The molecule has 0 amide bonds. The quantitative estimate of drug-likeness (QED) is 0.708. The van der Waals surface area contributed by atoms with E-state index in [0.717, 1.165) is 19.3 Å². The minimum absolute atomic E-state index is 0.0487. The van der Waals surface area contributed by atoms with E-state index in [1.165, 1.54) is 15.3 Å². The first kappa shape index (κ1) is 10.5. The SMILES string of the molecule is CC(C)(S)c1cc2c(s1)CCC(O)C2. The molecule has 1 unspecified atom stereocenters. The Morgan fingerprint density at radius 1 is 1.57 bits per heavy atom. The predicted octanol–water partition coefficient (Wildman–Crippen LogP) is 2.76. The Balaban J connectivity index is 2.32. The highest BCUT2D eigenvalue weighted by Crippen LogP contribution is 2.38. The number of hydrogen-bond donors (Lipinski definition) is 2. The van der Waals surface area contributed by atoms with Crippen LogP contribution in [0.2, 0.25) is 0 Å². The second-order valence-electron chi connectivity index (χ2n) is 4.51. The van der Waals surface area contributed by atoms with Crippen molar-refractivity contribution in [2.45, 2.75) is 44.0 Å². The normalized spacial score (nSPS) is 22.1. The molecule has 1 heterocycles. The van der Waals surface area contributed by atoms with Gasteiger partial charge in [0.15, 0.2) is 0 Å². The molecule has 1 aliphatic carbocycles. The third-order valence-electron chi connectivity index (χ3n) is 2.66. The zero-order valence-corrected chi connectivity index (χ0v) is 10.3. The number of hydrogen-bond acceptors (Lipinski definition) is 3. The fourth-order valence-corrected chi connectivity index (χ4v) is 3.22. The van der Waals surface area contributed by atoms with Crippen molar-refractivity contribution in [1.29, 1.82) is 0 Å². The van der Waals surface area contributed by atoms with E-state index in [1.807, 2.05) is 11.3 Å². The fourth-order valence-electron chi connectivity index (χ4n) is 1.81. The van der Waals surface area contributed by atoms with Crippen LogP contribution in [0.5, 0.6) is 0 Å². The Morgan fingerprint density at radius 2 is 2.29 bits per heavy atom. The molecule has 1 aliphatic rings. The van der Waals surface area contributed by atoms with Crippen LogP contribution >= 0.6 is 24.0 Å². The van der Waals surface area contributed by atoms with Crippen LogP contribution in [0.15, 0.2) is 6.07 Å². The first-order valence-corrected chi connectivity index (χ1v) is 6.25. The lowest BCUT2D eigenvalue weighted by Gasteiger charge is -2.16. The van der Waals surface area contributed by atoms with Gasteiger partial charge in [-0.25, -0.2) is 0 Å². The lowest BCUT2D eigenvalue weighted by atomic mass is 9.96. The number of thiol groups is 1. The van der Waals surface area contributed by atoms with Crippen LogP contribution in [0.3, 0.4) is 0 Å². The fraction of sp³-hybridized carbons (Fsp3) is 0.636. The lowest BCUT2D eigenvalue weighted by molar-refractivity contribution is 0.159. The van der Waals surface area contributed by atoms with Gasteiger partial charge in [0.1, 0.15) is 0 Å². The highest BCUT2D eigenvalue weighted by molar-refractivity contribution is 7.81. The Morgan fingerprint density at radius 3 is 2.93 bits per heavy atom. The van der Waals surface area contributed by atoms with Crippen molar-refractivity contribution in [3.05, 3.63) is 21.4 Å². The molecule has 0 radical (unpaired) electrons. The molecule has 78 valence electrons. The summed E-state index contributed by atoms with van der Waals surface area (Å²) in [6.07, 6.45) is 2.65. The molecule has 1 N–H and O–H groups in total. The average Bonchev–Trinajstić information content (AvgIpc) is 2.45. The number of aliphatic hydroxyl groups is 1. The molecule has 1 nitrogen and oxygen atoms in total. The summed E-state index contributed by atoms with van der Waals surface area (Å²) in [4.78, 5) is 2.77. The Hall–Kier alpha value is 0.01000. The van der Waals surface area contributed by atoms with E-state index in [4.69, 9.17) is 0 Å². The highest BCUT2D eigenvalue weighted by Gasteiger charge is 2.24. The van der Waals surface area contributed by atoms with Crippen molar-refractivity contribution >= 4 is 24.0 Å². The minimum atomic E-state index is -0.132. The van der Waals surface area contributed by atoms with Crippen LogP contribution in [0.1, 0.15) is 35.6 Å². The summed E-state index contributed by atoms with van der Waals surface area (Å²) < 4.78 is -0.0487. The Kier molecular flexibility index (Phi) is 2.66. The van der Waals surface area contributed by atoms with Gasteiger partial charge in [-0.1, -0.05) is 0 Å². The number of aliphatic hydroxyl groups excluding tert-OH is 1. The van der Waals surface area contributed by atoms with Gasteiger partial charge in [-0.3, -0.25) is 0 Å². The molecule has 3 heteroatoms. The second-order valence-corrected chi connectivity index (χ2v) is 6.77. The van der Waals surface area contributed by atoms with Crippen molar-refractivity contribution in [3.63, 3.8) is 0 Å². The molecule has 0 spiro atoms. The summed E-state index contributed by atoms with van der Waals surface area (Å²) in [6.45, 7) is 4.23. The topological polar surface area (TPSA) is 20.2 Å². The van der Waals surface area contributed by atoms with Crippen molar-refractivity contribution in [2.24, 2.45) is 0 Å². The maximum Gasteiger partial charge on any atom is 0.0584 e. The number of thiophene rings is 1. The first-order chi connectivity index (χ1) is 6.47. The van der Waals surface area contributed by atoms with E-state index in [9.17, 15) is 5.11 Å². The van der Waals surface area contributed by atoms with Crippen molar-refractivity contribution < 1.29 is 5.11 Å². The molecule has 0 saturated carbocycles. The molecule has 0 saturated heterocycles. The van der Waals surface area contributed by atoms with Crippen molar-refractivity contribution in [1.82, 2.24) is 0 Å². The number of fused-ring (bicyclic) bond motifs is 1. The molecular formula is C11H16OS2. The predicted molar refractivity (Wildman–Crippen MR) is 64.4 cm³/mol. The van der Waals surface area contributed by atoms with E-state index in [-0.39, 0.29) is 10.9 Å². The molecule has 0 aromatic carbocycles. The zero-order chi connectivity index (χ0) is 10.3. The summed E-state index contributed by atoms with van der Waals surface area (Å²) >= 11 is 6.43. The van der Waals surface area contributed by atoms with Gasteiger partial charge in [-0.15, -0.1) is 11.3 Å². The molecule has 1 aromatic heterocycles. The highest BCUT2D eigenvalue weighted by atomic mass is 32.1. The maximum absolute atomic E-state index is 9.55. The van der Waals surface area contributed by atoms with E-state index < -0.39 is 0 Å². The van der Waals surface area contributed by atoms with E-state index in [2.05, 4.69) is 32.5 Å². The first-order valence-electron chi connectivity index (χ1n) is 4.99. The molecule has 14 heavy (non-hydrogen) atoms. The van der Waals surface area contributed by atoms with Gasteiger partial charge >= 0.3 is 0 Å². The molecular weight excluding hydrogens is 212 g/mol. The van der Waals surface area contributed by atoms with Gasteiger partial charge in [-0.05, 0) is 44.7 Å². The smallest absolute Gasteiger partial charge is 0.0584 e. The average molecular weight is 228 g/mol. The van der Waals surface area contributed by atoms with E-state index in [1.54, 1.807) is 0 Å². The van der Waals surface area contributed by atoms with Gasteiger partial charge < -0.3 is 5.11 Å². The molecule has 1 aromatic rings. The number of aryl methyl sites for hydroxylation is 1. The summed E-state index contributed by atoms with van der Waals surface area (Å²) in [5, 5.41) is 9.55. The van der Waals surface area contributed by atoms with Gasteiger partial charge in [0.25, 0.3) is 0 Å². The van der Waals surface area contributed by atoms with E-state index in [0.29, 0.717) is 0 Å². The monoisotopic (exact) mass is 228 g/mol. The van der Waals surface area contributed by atoms with Crippen LogP contribution in [0, 0.1) is 0 Å². The van der Waals surface area contributed by atoms with E-state index >= 15 is 0 Å². The molecule has 0 fully saturated rings. The lowest BCUT2D eigenvalue weighted by Crippen LogP contribution is -2.16. The maximum atomic E-state index is 9.55. The molecule has 0 bridgehead atoms. The van der Waals surface area contributed by atoms with Crippen molar-refractivity contribution in [2.75, 3.05) is 0 Å². The van der Waals surface area contributed by atoms with Crippen LogP contribution in [0.25, 0.3) is 0 Å².